The number of anilines is 1. The fraction of sp³-hybridized carbons (Fsp3) is 0.211. The largest absolute Gasteiger partial charge is 0.449 e. The first kappa shape index (κ1) is 20.0. The van der Waals surface area contributed by atoms with Crippen LogP contribution in [0.5, 0.6) is 0 Å². The van der Waals surface area contributed by atoms with Crippen LogP contribution in [0.25, 0.3) is 11.5 Å². The number of hydrogen-bond donors (Lipinski definition) is 2. The number of nitrogens with zero attached hydrogens (tertiary/aromatic N) is 3. The topological polar surface area (TPSA) is 141 Å². The Hall–Kier alpha value is -3.79. The predicted molar refractivity (Wildman–Crippen MR) is 102 cm³/mol. The number of aliphatic hydroxyl groups is 1. The molecule has 1 aromatic heterocycles. The number of carbonyl (C=O) groups is 1. The minimum absolute atomic E-state index is 0.0395. The highest BCUT2D eigenvalue weighted by Gasteiger charge is 2.23. The van der Waals surface area contributed by atoms with Gasteiger partial charge in [0.15, 0.2) is 6.10 Å². The quantitative estimate of drug-likeness (QED) is 0.333. The molecule has 10 nitrogen and oxygen atoms in total. The molecule has 1 heterocycles. The standard InChI is InChI=1S/C19H18N4O6/c1-12(17-21-22-18(29-17)13-5-3-2-4-6-13)28-19(25)15-11-14(23(26)27)7-8-16(15)20-9-10-24/h2-8,11-12,20,24H,9-10H2,1H3/t12-/m1/s1. The molecule has 0 radical (unpaired) electrons. The zero-order valence-corrected chi connectivity index (χ0v) is 15.4. The van der Waals surface area contributed by atoms with Crippen LogP contribution >= 0.6 is 0 Å². The molecule has 0 bridgehead atoms. The van der Waals surface area contributed by atoms with Gasteiger partial charge in [0.2, 0.25) is 5.89 Å². The van der Waals surface area contributed by atoms with E-state index in [-0.39, 0.29) is 36.2 Å². The van der Waals surface area contributed by atoms with Gasteiger partial charge in [0.05, 0.1) is 17.1 Å². The van der Waals surface area contributed by atoms with Gasteiger partial charge >= 0.3 is 5.97 Å². The summed E-state index contributed by atoms with van der Waals surface area (Å²) in [6.07, 6.45) is -0.877. The fourth-order valence-electron chi connectivity index (χ4n) is 2.53. The summed E-state index contributed by atoms with van der Waals surface area (Å²) in [7, 11) is 0. The maximum atomic E-state index is 12.6. The van der Waals surface area contributed by atoms with Crippen molar-refractivity contribution in [2.24, 2.45) is 0 Å². The summed E-state index contributed by atoms with van der Waals surface area (Å²) in [4.78, 5) is 23.1. The van der Waals surface area contributed by atoms with E-state index in [0.717, 1.165) is 11.6 Å². The normalized spacial score (nSPS) is 11.7. The molecule has 3 aromatic rings. The van der Waals surface area contributed by atoms with Crippen LogP contribution in [0.4, 0.5) is 11.4 Å². The van der Waals surface area contributed by atoms with Crippen molar-refractivity contribution in [1.29, 1.82) is 0 Å². The van der Waals surface area contributed by atoms with Gasteiger partial charge in [-0.2, -0.15) is 0 Å². The summed E-state index contributed by atoms with van der Waals surface area (Å²) in [5.41, 5.74) is 0.724. The molecule has 2 N–H and O–H groups in total. The third-order valence-electron chi connectivity index (χ3n) is 3.95. The Morgan fingerprint density at radius 3 is 2.72 bits per heavy atom. The number of benzene rings is 2. The van der Waals surface area contributed by atoms with Gasteiger partial charge in [0.25, 0.3) is 11.6 Å². The van der Waals surface area contributed by atoms with Gasteiger partial charge in [-0.1, -0.05) is 18.2 Å². The molecule has 2 aromatic carbocycles. The van der Waals surface area contributed by atoms with Crippen LogP contribution in [0.2, 0.25) is 0 Å². The zero-order valence-electron chi connectivity index (χ0n) is 15.4. The average Bonchev–Trinajstić information content (AvgIpc) is 3.23. The van der Waals surface area contributed by atoms with E-state index >= 15 is 0 Å². The van der Waals surface area contributed by atoms with Crippen molar-refractivity contribution in [3.8, 4) is 11.5 Å². The highest BCUT2D eigenvalue weighted by Crippen LogP contribution is 2.27. The molecule has 0 saturated heterocycles. The van der Waals surface area contributed by atoms with E-state index < -0.39 is 17.0 Å². The lowest BCUT2D eigenvalue weighted by Crippen LogP contribution is -2.14. The van der Waals surface area contributed by atoms with E-state index in [1.165, 1.54) is 12.1 Å². The monoisotopic (exact) mass is 398 g/mol. The number of hydrogen-bond acceptors (Lipinski definition) is 9. The van der Waals surface area contributed by atoms with Crippen molar-refractivity contribution >= 4 is 17.3 Å². The van der Waals surface area contributed by atoms with Crippen molar-refractivity contribution in [1.82, 2.24) is 10.2 Å². The van der Waals surface area contributed by atoms with E-state index in [1.807, 2.05) is 18.2 Å². The van der Waals surface area contributed by atoms with E-state index in [4.69, 9.17) is 14.3 Å². The number of nitrogens with one attached hydrogen (secondary N) is 1. The maximum Gasteiger partial charge on any atom is 0.341 e. The second-order valence-electron chi connectivity index (χ2n) is 6.00. The molecule has 0 saturated carbocycles. The third-order valence-corrected chi connectivity index (χ3v) is 3.95. The summed E-state index contributed by atoms with van der Waals surface area (Å²) >= 11 is 0. The molecule has 29 heavy (non-hydrogen) atoms. The molecule has 150 valence electrons. The van der Waals surface area contributed by atoms with Gasteiger partial charge in [0, 0.05) is 29.9 Å². The van der Waals surface area contributed by atoms with Gasteiger partial charge in [-0.25, -0.2) is 4.79 Å². The minimum atomic E-state index is -0.877. The van der Waals surface area contributed by atoms with Crippen molar-refractivity contribution < 1.29 is 24.0 Å². The van der Waals surface area contributed by atoms with Gasteiger partial charge in [-0.3, -0.25) is 10.1 Å². The number of nitro groups is 1. The zero-order chi connectivity index (χ0) is 20.8. The first-order valence-corrected chi connectivity index (χ1v) is 8.72. The predicted octanol–water partition coefficient (Wildman–Crippen LogP) is 2.97. The Morgan fingerprint density at radius 2 is 2.03 bits per heavy atom. The molecule has 0 fully saturated rings. The number of aliphatic hydroxyl groups excluding tert-OH is 1. The average molecular weight is 398 g/mol. The SMILES string of the molecule is C[C@@H](OC(=O)c1cc([N+](=O)[O-])ccc1NCCO)c1nnc(-c2ccccc2)o1. The van der Waals surface area contributed by atoms with Gasteiger partial charge in [-0.15, -0.1) is 10.2 Å². The molecule has 0 unspecified atom stereocenters. The lowest BCUT2D eigenvalue weighted by molar-refractivity contribution is -0.384. The Morgan fingerprint density at radius 1 is 1.28 bits per heavy atom. The maximum absolute atomic E-state index is 12.6. The summed E-state index contributed by atoms with van der Waals surface area (Å²) < 4.78 is 10.9. The Kier molecular flexibility index (Phi) is 6.15. The highest BCUT2D eigenvalue weighted by atomic mass is 16.6. The van der Waals surface area contributed by atoms with Crippen LogP contribution in [0.15, 0.2) is 52.9 Å². The summed E-state index contributed by atoms with van der Waals surface area (Å²) in [5.74, 6) is -0.433. The van der Waals surface area contributed by atoms with Crippen LogP contribution in [-0.2, 0) is 4.74 Å². The van der Waals surface area contributed by atoms with Crippen molar-refractivity contribution in [3.05, 3.63) is 70.1 Å². The number of esters is 1. The molecule has 0 amide bonds. The Bertz CT molecular complexity index is 1000. The van der Waals surface area contributed by atoms with Crippen LogP contribution < -0.4 is 5.32 Å². The van der Waals surface area contributed by atoms with E-state index in [2.05, 4.69) is 15.5 Å². The van der Waals surface area contributed by atoms with Crippen LogP contribution in [0, 0.1) is 10.1 Å². The molecule has 0 aliphatic heterocycles. The Balaban J connectivity index is 1.79. The van der Waals surface area contributed by atoms with Crippen LogP contribution in [-0.4, -0.2) is 39.3 Å². The number of nitro benzene ring substituents is 1. The number of non-ortho nitro benzene ring substituents is 1. The smallest absolute Gasteiger partial charge is 0.341 e. The molecular weight excluding hydrogens is 380 g/mol. The summed E-state index contributed by atoms with van der Waals surface area (Å²) in [6.45, 7) is 1.54. The van der Waals surface area contributed by atoms with Crippen LogP contribution in [0.1, 0.15) is 29.3 Å². The second-order valence-corrected chi connectivity index (χ2v) is 6.00. The number of rotatable bonds is 8. The van der Waals surface area contributed by atoms with E-state index in [9.17, 15) is 14.9 Å². The highest BCUT2D eigenvalue weighted by molar-refractivity contribution is 5.96. The lowest BCUT2D eigenvalue weighted by atomic mass is 10.1. The first-order chi connectivity index (χ1) is 14.0. The van der Waals surface area contributed by atoms with Gasteiger partial charge in [0.1, 0.15) is 0 Å². The Labute approximate surface area is 165 Å². The number of carbonyl (C=O) groups excluding carboxylic acids is 1. The number of ether oxygens (including phenoxy) is 1. The summed E-state index contributed by atoms with van der Waals surface area (Å²) in [6, 6.07) is 12.9. The van der Waals surface area contributed by atoms with Crippen LogP contribution in [0.3, 0.4) is 0 Å². The fourth-order valence-corrected chi connectivity index (χ4v) is 2.53. The molecule has 10 heteroatoms. The number of aromatic nitrogens is 2. The molecule has 0 aliphatic carbocycles. The molecule has 0 aliphatic rings. The van der Waals surface area contributed by atoms with E-state index in [1.54, 1.807) is 19.1 Å². The third kappa shape index (κ3) is 4.74. The molecule has 0 spiro atoms. The van der Waals surface area contributed by atoms with Crippen molar-refractivity contribution in [2.75, 3.05) is 18.5 Å². The second kappa shape index (κ2) is 8.93. The first-order valence-electron chi connectivity index (χ1n) is 8.72. The molecular formula is C19H18N4O6. The molecule has 1 atom stereocenters. The van der Waals surface area contributed by atoms with Crippen molar-refractivity contribution in [2.45, 2.75) is 13.0 Å². The summed E-state index contributed by atoms with van der Waals surface area (Å²) in [5, 5.41) is 30.7. The van der Waals surface area contributed by atoms with Crippen molar-refractivity contribution in [3.63, 3.8) is 0 Å². The van der Waals surface area contributed by atoms with Gasteiger partial charge in [-0.05, 0) is 25.1 Å². The van der Waals surface area contributed by atoms with E-state index in [0.29, 0.717) is 5.69 Å². The lowest BCUT2D eigenvalue weighted by Gasteiger charge is -2.13. The molecule has 3 rings (SSSR count). The minimum Gasteiger partial charge on any atom is -0.449 e. The van der Waals surface area contributed by atoms with Gasteiger partial charge < -0.3 is 19.6 Å².